The summed E-state index contributed by atoms with van der Waals surface area (Å²) in [6.45, 7) is 0.514. The molecule has 0 bridgehead atoms. The highest BCUT2D eigenvalue weighted by Crippen LogP contribution is 2.05. The Morgan fingerprint density at radius 2 is 1.89 bits per heavy atom. The van der Waals surface area contributed by atoms with Crippen molar-refractivity contribution in [2.75, 3.05) is 6.54 Å². The molecule has 0 aliphatic carbocycles. The Kier molecular flexibility index (Phi) is 4.86. The van der Waals surface area contributed by atoms with Crippen LogP contribution in [0.1, 0.15) is 23.5 Å². The molecule has 0 fully saturated rings. The number of aromatic nitrogens is 2. The summed E-state index contributed by atoms with van der Waals surface area (Å²) in [5, 5.41) is 0. The second-order valence-corrected chi connectivity index (χ2v) is 4.56. The van der Waals surface area contributed by atoms with Gasteiger partial charge in [0.25, 0.3) is 5.56 Å². The van der Waals surface area contributed by atoms with E-state index in [0.29, 0.717) is 13.0 Å². The minimum Gasteiger partial charge on any atom is -0.330 e. The van der Waals surface area contributed by atoms with Gasteiger partial charge in [-0.25, -0.2) is 4.98 Å². The van der Waals surface area contributed by atoms with E-state index in [9.17, 15) is 4.79 Å². The largest absolute Gasteiger partial charge is 0.330 e. The maximum Gasteiger partial charge on any atom is 0.251 e. The first-order valence-corrected chi connectivity index (χ1v) is 6.61. The summed E-state index contributed by atoms with van der Waals surface area (Å²) in [7, 11) is 0. The monoisotopic (exact) mass is 257 g/mol. The van der Waals surface area contributed by atoms with E-state index >= 15 is 0 Å². The zero-order valence-corrected chi connectivity index (χ0v) is 10.9. The number of aryl methyl sites for hydroxylation is 2. The molecule has 0 atom stereocenters. The van der Waals surface area contributed by atoms with Crippen LogP contribution in [0.5, 0.6) is 0 Å². The Bertz CT molecular complexity index is 563. The fourth-order valence-electron chi connectivity index (χ4n) is 2.06. The summed E-state index contributed by atoms with van der Waals surface area (Å²) in [5.41, 5.74) is 7.48. The zero-order chi connectivity index (χ0) is 13.5. The second-order valence-electron chi connectivity index (χ2n) is 4.56. The average molecular weight is 257 g/mol. The Balaban J connectivity index is 1.94. The smallest absolute Gasteiger partial charge is 0.251 e. The highest BCUT2D eigenvalue weighted by atomic mass is 16.1. The van der Waals surface area contributed by atoms with Crippen molar-refractivity contribution >= 4 is 0 Å². The number of benzene rings is 1. The van der Waals surface area contributed by atoms with Gasteiger partial charge >= 0.3 is 0 Å². The molecule has 1 aromatic carbocycles. The highest BCUT2D eigenvalue weighted by Gasteiger charge is 2.01. The molecule has 4 heteroatoms. The molecule has 4 nitrogen and oxygen atoms in total. The minimum atomic E-state index is -0.0897. The summed E-state index contributed by atoms with van der Waals surface area (Å²) in [6, 6.07) is 11.8. The van der Waals surface area contributed by atoms with Crippen LogP contribution in [0, 0.1) is 0 Å². The van der Waals surface area contributed by atoms with E-state index in [2.05, 4.69) is 22.1 Å². The van der Waals surface area contributed by atoms with Gasteiger partial charge in [-0.2, -0.15) is 0 Å². The fourth-order valence-corrected chi connectivity index (χ4v) is 2.06. The van der Waals surface area contributed by atoms with Gasteiger partial charge in [0, 0.05) is 24.6 Å². The number of aromatic amines is 1. The van der Waals surface area contributed by atoms with Gasteiger partial charge in [-0.15, -0.1) is 0 Å². The van der Waals surface area contributed by atoms with Gasteiger partial charge in [0.2, 0.25) is 0 Å². The van der Waals surface area contributed by atoms with Gasteiger partial charge in [0.15, 0.2) is 0 Å². The quantitative estimate of drug-likeness (QED) is 0.822. The van der Waals surface area contributed by atoms with Crippen LogP contribution >= 0.6 is 0 Å². The van der Waals surface area contributed by atoms with E-state index in [1.807, 2.05) is 18.2 Å². The van der Waals surface area contributed by atoms with Gasteiger partial charge in [-0.05, 0) is 24.9 Å². The molecule has 1 heterocycles. The summed E-state index contributed by atoms with van der Waals surface area (Å²) in [6.07, 6.45) is 3.39. The molecule has 0 spiro atoms. The van der Waals surface area contributed by atoms with E-state index < -0.39 is 0 Å². The molecule has 19 heavy (non-hydrogen) atoms. The van der Waals surface area contributed by atoms with Crippen molar-refractivity contribution in [3.8, 4) is 0 Å². The molecule has 2 aromatic rings. The molecule has 100 valence electrons. The van der Waals surface area contributed by atoms with E-state index in [1.165, 1.54) is 11.6 Å². The number of nitrogens with one attached hydrogen (secondary N) is 1. The topological polar surface area (TPSA) is 71.8 Å². The summed E-state index contributed by atoms with van der Waals surface area (Å²) < 4.78 is 0. The van der Waals surface area contributed by atoms with Crippen molar-refractivity contribution in [1.82, 2.24) is 9.97 Å². The van der Waals surface area contributed by atoms with Crippen LogP contribution in [0.25, 0.3) is 0 Å². The van der Waals surface area contributed by atoms with Gasteiger partial charge in [-0.3, -0.25) is 4.79 Å². The predicted molar refractivity (Wildman–Crippen MR) is 76.1 cm³/mol. The lowest BCUT2D eigenvalue weighted by Gasteiger charge is -2.04. The summed E-state index contributed by atoms with van der Waals surface area (Å²) in [4.78, 5) is 18.7. The molecule has 0 saturated heterocycles. The first-order chi connectivity index (χ1) is 9.28. The third-order valence-corrected chi connectivity index (χ3v) is 2.97. The zero-order valence-electron chi connectivity index (χ0n) is 10.9. The third-order valence-electron chi connectivity index (χ3n) is 2.97. The lowest BCUT2D eigenvalue weighted by Crippen LogP contribution is -2.15. The Labute approximate surface area is 112 Å². The van der Waals surface area contributed by atoms with Gasteiger partial charge < -0.3 is 10.7 Å². The normalized spacial score (nSPS) is 10.6. The minimum absolute atomic E-state index is 0.0897. The van der Waals surface area contributed by atoms with Crippen LogP contribution in [-0.2, 0) is 19.3 Å². The van der Waals surface area contributed by atoms with Crippen molar-refractivity contribution < 1.29 is 0 Å². The number of nitrogens with two attached hydrogens (primary N) is 1. The molecule has 0 radical (unpaired) electrons. The van der Waals surface area contributed by atoms with E-state index in [1.54, 1.807) is 0 Å². The molecule has 0 aliphatic rings. The Morgan fingerprint density at radius 3 is 2.63 bits per heavy atom. The van der Waals surface area contributed by atoms with Crippen molar-refractivity contribution in [1.29, 1.82) is 0 Å². The van der Waals surface area contributed by atoms with E-state index in [-0.39, 0.29) is 5.56 Å². The van der Waals surface area contributed by atoms with E-state index in [4.69, 9.17) is 5.73 Å². The molecular formula is C15H19N3O. The molecule has 0 unspecified atom stereocenters. The number of rotatable bonds is 6. The van der Waals surface area contributed by atoms with Crippen LogP contribution < -0.4 is 11.3 Å². The molecular weight excluding hydrogens is 238 g/mol. The van der Waals surface area contributed by atoms with Crippen molar-refractivity contribution in [2.45, 2.75) is 25.7 Å². The lowest BCUT2D eigenvalue weighted by atomic mass is 10.1. The van der Waals surface area contributed by atoms with Crippen molar-refractivity contribution in [3.05, 3.63) is 63.8 Å². The molecule has 1 aromatic heterocycles. The van der Waals surface area contributed by atoms with Gasteiger partial charge in [0.1, 0.15) is 5.82 Å². The Hall–Kier alpha value is -1.94. The molecule has 0 amide bonds. The average Bonchev–Trinajstić information content (AvgIpc) is 2.40. The number of nitrogens with zero attached hydrogens (tertiary/aromatic N) is 1. The van der Waals surface area contributed by atoms with Crippen LogP contribution in [0.2, 0.25) is 0 Å². The summed E-state index contributed by atoms with van der Waals surface area (Å²) >= 11 is 0. The Morgan fingerprint density at radius 1 is 1.11 bits per heavy atom. The summed E-state index contributed by atoms with van der Waals surface area (Å²) in [5.74, 6) is 0.756. The molecule has 3 N–H and O–H groups in total. The second kappa shape index (κ2) is 6.85. The van der Waals surface area contributed by atoms with Gasteiger partial charge in [0.05, 0.1) is 0 Å². The molecule has 0 aliphatic heterocycles. The van der Waals surface area contributed by atoms with Crippen molar-refractivity contribution in [2.24, 2.45) is 5.73 Å². The first-order valence-electron chi connectivity index (χ1n) is 6.61. The SMILES string of the molecule is NCCc1cc(=O)[nH]c(CCCc2ccccc2)n1. The predicted octanol–water partition coefficient (Wildman–Crippen LogP) is 1.45. The van der Waals surface area contributed by atoms with E-state index in [0.717, 1.165) is 30.8 Å². The van der Waals surface area contributed by atoms with Crippen molar-refractivity contribution in [3.63, 3.8) is 0 Å². The lowest BCUT2D eigenvalue weighted by molar-refractivity contribution is 0.750. The fraction of sp³-hybridized carbons (Fsp3) is 0.333. The maximum absolute atomic E-state index is 11.5. The van der Waals surface area contributed by atoms with Crippen LogP contribution in [0.3, 0.4) is 0 Å². The standard InChI is InChI=1S/C15H19N3O/c16-10-9-13-11-15(19)18-14(17-13)8-4-7-12-5-2-1-3-6-12/h1-3,5-6,11H,4,7-10,16H2,(H,17,18,19). The van der Waals surface area contributed by atoms with Crippen LogP contribution in [-0.4, -0.2) is 16.5 Å². The number of hydrogen-bond donors (Lipinski definition) is 2. The van der Waals surface area contributed by atoms with Crippen LogP contribution in [0.4, 0.5) is 0 Å². The number of H-pyrrole nitrogens is 1. The first kappa shape index (κ1) is 13.5. The third kappa shape index (κ3) is 4.34. The maximum atomic E-state index is 11.5. The molecule has 2 rings (SSSR count). The highest BCUT2D eigenvalue weighted by molar-refractivity contribution is 5.14. The van der Waals surface area contributed by atoms with Crippen LogP contribution in [0.15, 0.2) is 41.2 Å². The van der Waals surface area contributed by atoms with Gasteiger partial charge in [-0.1, -0.05) is 30.3 Å². The number of hydrogen-bond acceptors (Lipinski definition) is 3. The molecule has 0 saturated carbocycles.